The average molecular weight is 260 g/mol. The van der Waals surface area contributed by atoms with Gasteiger partial charge in [-0.05, 0) is 24.6 Å². The Hall–Kier alpha value is -1.94. The molecule has 1 unspecified atom stereocenters. The van der Waals surface area contributed by atoms with Gasteiger partial charge in [-0.1, -0.05) is 29.8 Å². The molecule has 100 valence electrons. The fraction of sp³-hybridized carbons (Fsp3) is 0.333. The minimum absolute atomic E-state index is 0.0945. The van der Waals surface area contributed by atoms with Gasteiger partial charge in [0.25, 0.3) is 0 Å². The lowest BCUT2D eigenvalue weighted by molar-refractivity contribution is -0.147. The predicted molar refractivity (Wildman–Crippen MR) is 69.6 cm³/mol. The van der Waals surface area contributed by atoms with Crippen molar-refractivity contribution >= 4 is 11.8 Å². The largest absolute Gasteiger partial charge is 0.463 e. The number of esters is 1. The zero-order chi connectivity index (χ0) is 13.8. The molecule has 1 aliphatic heterocycles. The Kier molecular flexibility index (Phi) is 4.12. The maximum atomic E-state index is 11.8. The highest BCUT2D eigenvalue weighted by Gasteiger charge is 2.27. The zero-order valence-corrected chi connectivity index (χ0v) is 11.0. The summed E-state index contributed by atoms with van der Waals surface area (Å²) in [5.41, 5.74) is 1.94. The molecule has 4 heteroatoms. The summed E-state index contributed by atoms with van der Waals surface area (Å²) in [6.45, 7) is 3.45. The Morgan fingerprint density at radius 3 is 2.63 bits per heavy atom. The highest BCUT2D eigenvalue weighted by Crippen LogP contribution is 2.25. The molecule has 1 aromatic rings. The molecule has 0 amide bonds. The molecular weight excluding hydrogens is 244 g/mol. The van der Waals surface area contributed by atoms with Crippen molar-refractivity contribution in [1.29, 1.82) is 0 Å². The second kappa shape index (κ2) is 5.80. The Bertz CT molecular complexity index is 501. The fourth-order valence-electron chi connectivity index (χ4n) is 1.86. The maximum Gasteiger partial charge on any atom is 0.302 e. The number of hydrogen-bond acceptors (Lipinski definition) is 4. The van der Waals surface area contributed by atoms with Gasteiger partial charge in [0.1, 0.15) is 18.8 Å². The number of ketones is 1. The van der Waals surface area contributed by atoms with Crippen molar-refractivity contribution in [2.75, 3.05) is 6.61 Å². The van der Waals surface area contributed by atoms with Gasteiger partial charge in [-0.2, -0.15) is 0 Å². The monoisotopic (exact) mass is 260 g/mol. The van der Waals surface area contributed by atoms with Crippen LogP contribution in [0.3, 0.4) is 0 Å². The highest BCUT2D eigenvalue weighted by atomic mass is 16.6. The quantitative estimate of drug-likeness (QED) is 0.781. The minimum atomic E-state index is -0.619. The smallest absolute Gasteiger partial charge is 0.302 e. The molecule has 0 aliphatic carbocycles. The van der Waals surface area contributed by atoms with E-state index in [2.05, 4.69) is 0 Å². The third kappa shape index (κ3) is 3.51. The van der Waals surface area contributed by atoms with Gasteiger partial charge < -0.3 is 9.47 Å². The summed E-state index contributed by atoms with van der Waals surface area (Å²) in [4.78, 5) is 22.6. The molecule has 0 bridgehead atoms. The van der Waals surface area contributed by atoms with Gasteiger partial charge in [0.2, 0.25) is 0 Å². The molecular formula is C15H16O4. The summed E-state index contributed by atoms with van der Waals surface area (Å²) in [5, 5.41) is 0. The molecule has 1 aliphatic rings. The zero-order valence-electron chi connectivity index (χ0n) is 11.0. The fourth-order valence-corrected chi connectivity index (χ4v) is 1.86. The Labute approximate surface area is 112 Å². The van der Waals surface area contributed by atoms with E-state index in [4.69, 9.17) is 9.47 Å². The lowest BCUT2D eigenvalue weighted by atomic mass is 10.0. The summed E-state index contributed by atoms with van der Waals surface area (Å²) in [7, 11) is 0. The average Bonchev–Trinajstić information content (AvgIpc) is 2.39. The van der Waals surface area contributed by atoms with Gasteiger partial charge in [0.05, 0.1) is 0 Å². The summed E-state index contributed by atoms with van der Waals surface area (Å²) < 4.78 is 10.6. The van der Waals surface area contributed by atoms with Crippen molar-refractivity contribution in [2.24, 2.45) is 0 Å². The van der Waals surface area contributed by atoms with Crippen LogP contribution < -0.4 is 0 Å². The summed E-state index contributed by atoms with van der Waals surface area (Å²) in [6.07, 6.45) is 2.11. The normalized spacial score (nSPS) is 22.3. The van der Waals surface area contributed by atoms with Crippen LogP contribution >= 0.6 is 0 Å². The van der Waals surface area contributed by atoms with Crippen LogP contribution in [0.1, 0.15) is 24.2 Å². The lowest BCUT2D eigenvalue weighted by Gasteiger charge is -2.25. The van der Waals surface area contributed by atoms with Crippen molar-refractivity contribution in [3.63, 3.8) is 0 Å². The molecule has 1 heterocycles. The Morgan fingerprint density at radius 1 is 1.32 bits per heavy atom. The molecule has 0 radical (unpaired) electrons. The van der Waals surface area contributed by atoms with E-state index >= 15 is 0 Å². The van der Waals surface area contributed by atoms with E-state index in [1.165, 1.54) is 13.0 Å². The number of carbonyl (C=O) groups is 2. The second-order valence-electron chi connectivity index (χ2n) is 4.53. The summed E-state index contributed by atoms with van der Waals surface area (Å²) in [5.74, 6) is -0.455. The second-order valence-corrected chi connectivity index (χ2v) is 4.53. The SMILES string of the molecule is CC(=O)OC[C@@H]1C=CC(=O)C(c2ccc(C)cc2)O1. The van der Waals surface area contributed by atoms with E-state index in [-0.39, 0.29) is 24.5 Å². The molecule has 0 N–H and O–H groups in total. The van der Waals surface area contributed by atoms with Crippen LogP contribution in [0.5, 0.6) is 0 Å². The van der Waals surface area contributed by atoms with Gasteiger partial charge in [0.15, 0.2) is 5.78 Å². The third-order valence-corrected chi connectivity index (χ3v) is 2.88. The van der Waals surface area contributed by atoms with E-state index in [1.54, 1.807) is 6.08 Å². The van der Waals surface area contributed by atoms with Gasteiger partial charge in [-0.25, -0.2) is 0 Å². The van der Waals surface area contributed by atoms with E-state index in [9.17, 15) is 9.59 Å². The molecule has 19 heavy (non-hydrogen) atoms. The summed E-state index contributed by atoms with van der Waals surface area (Å²) >= 11 is 0. The van der Waals surface area contributed by atoms with Gasteiger partial charge >= 0.3 is 5.97 Å². The maximum absolute atomic E-state index is 11.8. The van der Waals surface area contributed by atoms with Crippen molar-refractivity contribution in [3.05, 3.63) is 47.5 Å². The van der Waals surface area contributed by atoms with E-state index in [0.717, 1.165) is 11.1 Å². The molecule has 4 nitrogen and oxygen atoms in total. The molecule has 0 saturated heterocycles. The Morgan fingerprint density at radius 2 is 2.00 bits per heavy atom. The first-order valence-corrected chi connectivity index (χ1v) is 6.13. The lowest BCUT2D eigenvalue weighted by Crippen LogP contribution is -2.29. The van der Waals surface area contributed by atoms with Gasteiger partial charge in [-0.15, -0.1) is 0 Å². The van der Waals surface area contributed by atoms with Gasteiger partial charge in [0, 0.05) is 6.92 Å². The van der Waals surface area contributed by atoms with Crippen LogP contribution in [0.25, 0.3) is 0 Å². The molecule has 0 saturated carbocycles. The van der Waals surface area contributed by atoms with Crippen LogP contribution in [0.4, 0.5) is 0 Å². The molecule has 0 fully saturated rings. The number of hydrogen-bond donors (Lipinski definition) is 0. The first-order valence-electron chi connectivity index (χ1n) is 6.13. The molecule has 1 aromatic carbocycles. The van der Waals surface area contributed by atoms with Crippen molar-refractivity contribution < 1.29 is 19.1 Å². The topological polar surface area (TPSA) is 52.6 Å². The van der Waals surface area contributed by atoms with Crippen LogP contribution in [-0.4, -0.2) is 24.5 Å². The predicted octanol–water partition coefficient (Wildman–Crippen LogP) is 2.12. The number of aryl methyl sites for hydroxylation is 1. The molecule has 0 spiro atoms. The molecule has 2 rings (SSSR count). The number of benzene rings is 1. The Balaban J connectivity index is 2.09. The van der Waals surface area contributed by atoms with Crippen LogP contribution in [0.2, 0.25) is 0 Å². The molecule has 0 aromatic heterocycles. The number of rotatable bonds is 3. The van der Waals surface area contributed by atoms with Crippen LogP contribution in [0, 0.1) is 6.92 Å². The highest BCUT2D eigenvalue weighted by molar-refractivity contribution is 5.95. The van der Waals surface area contributed by atoms with E-state index in [1.807, 2.05) is 31.2 Å². The van der Waals surface area contributed by atoms with Gasteiger partial charge in [-0.3, -0.25) is 9.59 Å². The van der Waals surface area contributed by atoms with Crippen molar-refractivity contribution in [2.45, 2.75) is 26.1 Å². The molecule has 2 atom stereocenters. The standard InChI is InChI=1S/C15H16O4/c1-10-3-5-12(6-4-10)15-14(17)8-7-13(19-15)9-18-11(2)16/h3-8,13,15H,9H2,1-2H3/t13-,15?/m0/s1. The van der Waals surface area contributed by atoms with Crippen molar-refractivity contribution in [1.82, 2.24) is 0 Å². The minimum Gasteiger partial charge on any atom is -0.463 e. The van der Waals surface area contributed by atoms with E-state index < -0.39 is 6.10 Å². The third-order valence-electron chi connectivity index (χ3n) is 2.88. The van der Waals surface area contributed by atoms with Crippen molar-refractivity contribution in [3.8, 4) is 0 Å². The summed E-state index contributed by atoms with van der Waals surface area (Å²) in [6, 6.07) is 7.62. The number of ether oxygens (including phenoxy) is 2. The van der Waals surface area contributed by atoms with Crippen LogP contribution in [-0.2, 0) is 19.1 Å². The first-order chi connectivity index (χ1) is 9.06. The number of carbonyl (C=O) groups excluding carboxylic acids is 2. The van der Waals surface area contributed by atoms with E-state index in [0.29, 0.717) is 0 Å². The van der Waals surface area contributed by atoms with Crippen LogP contribution in [0.15, 0.2) is 36.4 Å². The first kappa shape index (κ1) is 13.5.